The molecule has 0 spiro atoms. The minimum Gasteiger partial charge on any atom is -0.396 e. The van der Waals surface area contributed by atoms with Gasteiger partial charge >= 0.3 is 0 Å². The molecule has 1 unspecified atom stereocenters. The molecule has 0 aromatic heterocycles. The van der Waals surface area contributed by atoms with Gasteiger partial charge < -0.3 is 10.4 Å². The van der Waals surface area contributed by atoms with Crippen molar-refractivity contribution >= 4 is 5.91 Å². The Balaban J connectivity index is 1.66. The Morgan fingerprint density at radius 3 is 2.57 bits per heavy atom. The van der Waals surface area contributed by atoms with Crippen LogP contribution < -0.4 is 5.32 Å². The molecular formula is C20H31NO2. The summed E-state index contributed by atoms with van der Waals surface area (Å²) >= 11 is 0. The summed E-state index contributed by atoms with van der Waals surface area (Å²) < 4.78 is 0. The van der Waals surface area contributed by atoms with Crippen molar-refractivity contribution in [3.05, 3.63) is 35.9 Å². The molecule has 1 saturated carbocycles. The second kappa shape index (κ2) is 10.4. The van der Waals surface area contributed by atoms with Crippen LogP contribution in [0.15, 0.2) is 30.3 Å². The Hall–Kier alpha value is -1.35. The molecule has 3 nitrogen and oxygen atoms in total. The molecule has 2 N–H and O–H groups in total. The van der Waals surface area contributed by atoms with Crippen LogP contribution in [0.1, 0.15) is 69.3 Å². The first kappa shape index (κ1) is 18.0. The van der Waals surface area contributed by atoms with E-state index in [2.05, 4.69) is 17.4 Å². The zero-order valence-corrected chi connectivity index (χ0v) is 14.2. The third-order valence-electron chi connectivity index (χ3n) is 5.07. The number of benzene rings is 1. The molecule has 1 atom stereocenters. The number of aliphatic hydroxyl groups excluding tert-OH is 1. The van der Waals surface area contributed by atoms with Gasteiger partial charge in [0.05, 0.1) is 0 Å². The normalized spacial score (nSPS) is 16.9. The van der Waals surface area contributed by atoms with Crippen LogP contribution in [-0.4, -0.2) is 24.2 Å². The van der Waals surface area contributed by atoms with Gasteiger partial charge in [-0.3, -0.25) is 4.79 Å². The van der Waals surface area contributed by atoms with Gasteiger partial charge in [-0.2, -0.15) is 0 Å². The first-order valence-electron chi connectivity index (χ1n) is 9.22. The van der Waals surface area contributed by atoms with E-state index in [9.17, 15) is 9.90 Å². The number of hydrogen-bond acceptors (Lipinski definition) is 2. The minimum absolute atomic E-state index is 0.186. The maximum atomic E-state index is 12.0. The fraction of sp³-hybridized carbons (Fsp3) is 0.650. The Labute approximate surface area is 140 Å². The molecule has 1 fully saturated rings. The largest absolute Gasteiger partial charge is 0.396 e. The highest BCUT2D eigenvalue weighted by molar-refractivity contribution is 5.75. The number of aliphatic hydroxyl groups is 1. The van der Waals surface area contributed by atoms with Crippen molar-refractivity contribution in [3.63, 3.8) is 0 Å². The molecule has 0 bridgehead atoms. The molecule has 0 heterocycles. The van der Waals surface area contributed by atoms with Crippen LogP contribution >= 0.6 is 0 Å². The minimum atomic E-state index is 0.186. The summed E-state index contributed by atoms with van der Waals surface area (Å²) in [5.74, 6) is 1.27. The molecule has 1 amide bonds. The lowest BCUT2D eigenvalue weighted by molar-refractivity contribution is -0.121. The topological polar surface area (TPSA) is 49.3 Å². The van der Waals surface area contributed by atoms with E-state index in [-0.39, 0.29) is 12.5 Å². The predicted octanol–water partition coefficient (Wildman–Crippen LogP) is 4.02. The van der Waals surface area contributed by atoms with E-state index in [1.165, 1.54) is 37.7 Å². The molecular weight excluding hydrogens is 286 g/mol. The monoisotopic (exact) mass is 317 g/mol. The Bertz CT molecular complexity index is 440. The van der Waals surface area contributed by atoms with Gasteiger partial charge in [-0.15, -0.1) is 0 Å². The fourth-order valence-corrected chi connectivity index (χ4v) is 3.64. The molecule has 0 radical (unpaired) electrons. The Morgan fingerprint density at radius 1 is 1.13 bits per heavy atom. The molecule has 128 valence electrons. The van der Waals surface area contributed by atoms with Crippen molar-refractivity contribution in [1.29, 1.82) is 0 Å². The lowest BCUT2D eigenvalue weighted by Gasteiger charge is -2.21. The van der Waals surface area contributed by atoms with E-state index in [1.807, 2.05) is 18.2 Å². The van der Waals surface area contributed by atoms with E-state index < -0.39 is 0 Å². The van der Waals surface area contributed by atoms with E-state index in [4.69, 9.17) is 0 Å². The molecule has 1 aromatic carbocycles. The van der Waals surface area contributed by atoms with Crippen LogP contribution in [0, 0.1) is 5.92 Å². The van der Waals surface area contributed by atoms with Gasteiger partial charge in [0.15, 0.2) is 0 Å². The molecule has 1 aliphatic carbocycles. The highest BCUT2D eigenvalue weighted by Crippen LogP contribution is 2.27. The van der Waals surface area contributed by atoms with Crippen LogP contribution in [0.2, 0.25) is 0 Å². The third-order valence-corrected chi connectivity index (χ3v) is 5.07. The van der Waals surface area contributed by atoms with E-state index in [0.29, 0.717) is 18.9 Å². The van der Waals surface area contributed by atoms with Crippen LogP contribution in [0.3, 0.4) is 0 Å². The summed E-state index contributed by atoms with van der Waals surface area (Å²) in [4.78, 5) is 12.0. The zero-order chi connectivity index (χ0) is 16.3. The molecule has 1 aromatic rings. The van der Waals surface area contributed by atoms with Crippen LogP contribution in [0.4, 0.5) is 0 Å². The number of nitrogens with one attached hydrogen (secondary N) is 1. The number of rotatable bonds is 9. The summed E-state index contributed by atoms with van der Waals surface area (Å²) in [5, 5.41) is 12.3. The maximum Gasteiger partial charge on any atom is 0.220 e. The second-order valence-corrected chi connectivity index (χ2v) is 6.80. The van der Waals surface area contributed by atoms with Gasteiger partial charge in [0.25, 0.3) is 0 Å². The average molecular weight is 317 g/mol. The molecule has 1 aliphatic rings. The summed E-state index contributed by atoms with van der Waals surface area (Å²) in [6, 6.07) is 10.3. The van der Waals surface area contributed by atoms with E-state index >= 15 is 0 Å². The number of carbonyl (C=O) groups excluding carboxylic acids is 1. The van der Waals surface area contributed by atoms with Gasteiger partial charge in [-0.25, -0.2) is 0 Å². The second-order valence-electron chi connectivity index (χ2n) is 6.80. The highest BCUT2D eigenvalue weighted by Gasteiger charge is 2.15. The van der Waals surface area contributed by atoms with E-state index in [0.717, 1.165) is 25.2 Å². The predicted molar refractivity (Wildman–Crippen MR) is 94.3 cm³/mol. The summed E-state index contributed by atoms with van der Waals surface area (Å²) in [6.07, 6.45) is 10.0. The number of hydrogen-bond donors (Lipinski definition) is 2. The van der Waals surface area contributed by atoms with Crippen LogP contribution in [0.25, 0.3) is 0 Å². The zero-order valence-electron chi connectivity index (χ0n) is 14.2. The van der Waals surface area contributed by atoms with Crippen LogP contribution in [-0.2, 0) is 4.79 Å². The lowest BCUT2D eigenvalue weighted by Crippen LogP contribution is -2.26. The van der Waals surface area contributed by atoms with Gasteiger partial charge in [0.1, 0.15) is 0 Å². The van der Waals surface area contributed by atoms with Crippen molar-refractivity contribution in [1.82, 2.24) is 5.32 Å². The molecule has 2 rings (SSSR count). The third kappa shape index (κ3) is 6.74. The average Bonchev–Trinajstić information content (AvgIpc) is 2.61. The fourth-order valence-electron chi connectivity index (χ4n) is 3.64. The summed E-state index contributed by atoms with van der Waals surface area (Å²) in [5.41, 5.74) is 1.25. The molecule has 0 saturated heterocycles. The van der Waals surface area contributed by atoms with Gasteiger partial charge in [0, 0.05) is 19.6 Å². The van der Waals surface area contributed by atoms with Gasteiger partial charge in [-0.05, 0) is 36.7 Å². The van der Waals surface area contributed by atoms with Crippen molar-refractivity contribution in [2.24, 2.45) is 5.92 Å². The van der Waals surface area contributed by atoms with Crippen molar-refractivity contribution < 1.29 is 9.90 Å². The van der Waals surface area contributed by atoms with Crippen molar-refractivity contribution in [2.45, 2.75) is 63.7 Å². The lowest BCUT2D eigenvalue weighted by atomic mass is 9.86. The first-order chi connectivity index (χ1) is 11.3. The number of amides is 1. The van der Waals surface area contributed by atoms with Crippen LogP contribution in [0.5, 0.6) is 0 Å². The van der Waals surface area contributed by atoms with Gasteiger partial charge in [-0.1, -0.05) is 62.4 Å². The molecule has 23 heavy (non-hydrogen) atoms. The maximum absolute atomic E-state index is 12.0. The van der Waals surface area contributed by atoms with E-state index in [1.54, 1.807) is 0 Å². The standard InChI is InChI=1S/C20H31NO2/c22-16-14-19(18-9-5-2-6-10-18)13-15-21-20(23)12-11-17-7-3-1-4-8-17/h2,5-6,9-10,17,19,22H,1,3-4,7-8,11-16H2,(H,21,23). The molecule has 0 aliphatic heterocycles. The molecule has 3 heteroatoms. The summed E-state index contributed by atoms with van der Waals surface area (Å²) in [6.45, 7) is 0.887. The highest BCUT2D eigenvalue weighted by atomic mass is 16.3. The Morgan fingerprint density at radius 2 is 1.87 bits per heavy atom. The first-order valence-corrected chi connectivity index (χ1v) is 9.22. The smallest absolute Gasteiger partial charge is 0.220 e. The Kier molecular flexibility index (Phi) is 8.16. The van der Waals surface area contributed by atoms with Crippen molar-refractivity contribution in [2.75, 3.05) is 13.2 Å². The van der Waals surface area contributed by atoms with Gasteiger partial charge in [0.2, 0.25) is 5.91 Å². The summed E-state index contributed by atoms with van der Waals surface area (Å²) in [7, 11) is 0. The number of carbonyl (C=O) groups is 1. The SMILES string of the molecule is O=C(CCC1CCCCC1)NCCC(CCO)c1ccccc1. The van der Waals surface area contributed by atoms with Crippen molar-refractivity contribution in [3.8, 4) is 0 Å². The quantitative estimate of drug-likeness (QED) is 0.722.